The third-order valence-corrected chi connectivity index (χ3v) is 3.46. The molecule has 1 atom stereocenters. The van der Waals surface area contributed by atoms with Crippen LogP contribution in [-0.2, 0) is 9.47 Å². The fraction of sp³-hybridized carbons (Fsp3) is 0.938. The van der Waals surface area contributed by atoms with Crippen LogP contribution in [0.5, 0.6) is 0 Å². The summed E-state index contributed by atoms with van der Waals surface area (Å²) in [6, 6.07) is 0. The first-order chi connectivity index (χ1) is 10.4. The normalized spacial score (nSPS) is 19.0. The standard InChI is InChI=1S/C16H33N3O2/c1-3-5-6-10-18-16(17-4-2)19-11-8-12-20-14-15-9-7-13-21-15/h15H,3-14H2,1-2H3,(H2,17,18,19). The van der Waals surface area contributed by atoms with E-state index in [1.54, 1.807) is 0 Å². The zero-order valence-corrected chi connectivity index (χ0v) is 13.8. The molecular weight excluding hydrogens is 266 g/mol. The van der Waals surface area contributed by atoms with Crippen molar-refractivity contribution in [2.24, 2.45) is 4.99 Å². The first-order valence-corrected chi connectivity index (χ1v) is 8.58. The van der Waals surface area contributed by atoms with Crippen LogP contribution < -0.4 is 10.6 Å². The fourth-order valence-electron chi connectivity index (χ4n) is 2.27. The monoisotopic (exact) mass is 299 g/mol. The van der Waals surface area contributed by atoms with Gasteiger partial charge in [-0.2, -0.15) is 0 Å². The molecule has 124 valence electrons. The molecule has 2 N–H and O–H groups in total. The first-order valence-electron chi connectivity index (χ1n) is 8.58. The number of guanidine groups is 1. The molecule has 0 amide bonds. The number of nitrogens with one attached hydrogen (secondary N) is 2. The average molecular weight is 299 g/mol. The Bertz CT molecular complexity index is 266. The highest BCUT2D eigenvalue weighted by molar-refractivity contribution is 5.79. The van der Waals surface area contributed by atoms with Gasteiger partial charge in [0.1, 0.15) is 0 Å². The smallest absolute Gasteiger partial charge is 0.191 e. The van der Waals surface area contributed by atoms with Crippen molar-refractivity contribution >= 4 is 5.96 Å². The third kappa shape index (κ3) is 9.69. The summed E-state index contributed by atoms with van der Waals surface area (Å²) >= 11 is 0. The quantitative estimate of drug-likeness (QED) is 0.349. The lowest BCUT2D eigenvalue weighted by Crippen LogP contribution is -2.37. The Morgan fingerprint density at radius 1 is 1.24 bits per heavy atom. The van der Waals surface area contributed by atoms with Crippen molar-refractivity contribution in [2.45, 2.75) is 58.5 Å². The molecule has 1 heterocycles. The maximum Gasteiger partial charge on any atom is 0.191 e. The molecular formula is C16H33N3O2. The molecule has 1 unspecified atom stereocenters. The number of unbranched alkanes of at least 4 members (excludes halogenated alkanes) is 2. The van der Waals surface area contributed by atoms with E-state index < -0.39 is 0 Å². The largest absolute Gasteiger partial charge is 0.379 e. The average Bonchev–Trinajstić information content (AvgIpc) is 3.00. The van der Waals surface area contributed by atoms with Crippen molar-refractivity contribution in [2.75, 3.05) is 39.5 Å². The summed E-state index contributed by atoms with van der Waals surface area (Å²) in [6.07, 6.45) is 7.31. The van der Waals surface area contributed by atoms with E-state index in [2.05, 4.69) is 29.5 Å². The second-order valence-electron chi connectivity index (χ2n) is 5.46. The van der Waals surface area contributed by atoms with Crippen LogP contribution in [0.2, 0.25) is 0 Å². The highest BCUT2D eigenvalue weighted by Crippen LogP contribution is 2.11. The van der Waals surface area contributed by atoms with Crippen molar-refractivity contribution in [1.82, 2.24) is 10.6 Å². The lowest BCUT2D eigenvalue weighted by atomic mass is 10.2. The Morgan fingerprint density at radius 2 is 2.14 bits per heavy atom. The number of aliphatic imine (C=N–C) groups is 1. The van der Waals surface area contributed by atoms with Gasteiger partial charge in [0.05, 0.1) is 12.7 Å². The van der Waals surface area contributed by atoms with Crippen LogP contribution in [0.25, 0.3) is 0 Å². The van der Waals surface area contributed by atoms with E-state index in [4.69, 9.17) is 9.47 Å². The van der Waals surface area contributed by atoms with E-state index in [0.29, 0.717) is 6.10 Å². The Morgan fingerprint density at radius 3 is 2.86 bits per heavy atom. The van der Waals surface area contributed by atoms with Crippen molar-refractivity contribution < 1.29 is 9.47 Å². The van der Waals surface area contributed by atoms with Gasteiger partial charge in [0.15, 0.2) is 5.96 Å². The zero-order chi connectivity index (χ0) is 15.2. The van der Waals surface area contributed by atoms with Crippen LogP contribution >= 0.6 is 0 Å². The van der Waals surface area contributed by atoms with Gasteiger partial charge in [0.2, 0.25) is 0 Å². The Labute approximate surface area is 129 Å². The van der Waals surface area contributed by atoms with Gasteiger partial charge in [-0.25, -0.2) is 0 Å². The highest BCUT2D eigenvalue weighted by Gasteiger charge is 2.14. The molecule has 1 rings (SSSR count). The Hall–Kier alpha value is -0.810. The van der Waals surface area contributed by atoms with E-state index in [0.717, 1.165) is 58.3 Å². The number of hydrogen-bond acceptors (Lipinski definition) is 3. The van der Waals surface area contributed by atoms with Gasteiger partial charge in [-0.3, -0.25) is 4.99 Å². The van der Waals surface area contributed by atoms with E-state index in [1.807, 2.05) is 0 Å². The van der Waals surface area contributed by atoms with Crippen LogP contribution in [0, 0.1) is 0 Å². The van der Waals surface area contributed by atoms with Gasteiger partial charge in [0.25, 0.3) is 0 Å². The molecule has 0 bridgehead atoms. The topological polar surface area (TPSA) is 54.9 Å². The third-order valence-electron chi connectivity index (χ3n) is 3.46. The maximum absolute atomic E-state index is 5.64. The summed E-state index contributed by atoms with van der Waals surface area (Å²) in [5, 5.41) is 6.64. The summed E-state index contributed by atoms with van der Waals surface area (Å²) in [6.45, 7) is 9.40. The molecule has 1 fully saturated rings. The molecule has 1 aliphatic rings. The number of rotatable bonds is 11. The minimum absolute atomic E-state index is 0.325. The van der Waals surface area contributed by atoms with Gasteiger partial charge < -0.3 is 20.1 Å². The maximum atomic E-state index is 5.64. The molecule has 21 heavy (non-hydrogen) atoms. The van der Waals surface area contributed by atoms with Crippen LogP contribution in [0.15, 0.2) is 4.99 Å². The fourth-order valence-corrected chi connectivity index (χ4v) is 2.27. The van der Waals surface area contributed by atoms with E-state index >= 15 is 0 Å². The van der Waals surface area contributed by atoms with E-state index in [9.17, 15) is 0 Å². The van der Waals surface area contributed by atoms with Crippen LogP contribution in [-0.4, -0.2) is 51.5 Å². The molecule has 5 heteroatoms. The van der Waals surface area contributed by atoms with Gasteiger partial charge in [-0.05, 0) is 32.6 Å². The molecule has 0 saturated carbocycles. The molecule has 0 aliphatic carbocycles. The summed E-state index contributed by atoms with van der Waals surface area (Å²) in [4.78, 5) is 4.56. The minimum atomic E-state index is 0.325. The van der Waals surface area contributed by atoms with E-state index in [-0.39, 0.29) is 0 Å². The van der Waals surface area contributed by atoms with Crippen LogP contribution in [0.3, 0.4) is 0 Å². The minimum Gasteiger partial charge on any atom is -0.379 e. The van der Waals surface area contributed by atoms with Crippen molar-refractivity contribution in [3.63, 3.8) is 0 Å². The van der Waals surface area contributed by atoms with Gasteiger partial charge in [0, 0.05) is 32.8 Å². The lowest BCUT2D eigenvalue weighted by molar-refractivity contribution is 0.0171. The molecule has 0 aromatic rings. The molecule has 0 spiro atoms. The molecule has 5 nitrogen and oxygen atoms in total. The number of hydrogen-bond donors (Lipinski definition) is 2. The number of nitrogens with zero attached hydrogens (tertiary/aromatic N) is 1. The number of ether oxygens (including phenoxy) is 2. The second kappa shape index (κ2) is 12.9. The van der Waals surface area contributed by atoms with Crippen LogP contribution in [0.1, 0.15) is 52.4 Å². The molecule has 0 radical (unpaired) electrons. The Balaban J connectivity index is 2.03. The zero-order valence-electron chi connectivity index (χ0n) is 13.8. The highest BCUT2D eigenvalue weighted by atomic mass is 16.5. The lowest BCUT2D eigenvalue weighted by Gasteiger charge is -2.11. The second-order valence-corrected chi connectivity index (χ2v) is 5.46. The summed E-state index contributed by atoms with van der Waals surface area (Å²) < 4.78 is 11.2. The molecule has 1 saturated heterocycles. The summed E-state index contributed by atoms with van der Waals surface area (Å²) in [5.41, 5.74) is 0. The first kappa shape index (κ1) is 18.2. The van der Waals surface area contributed by atoms with Crippen molar-refractivity contribution in [3.8, 4) is 0 Å². The molecule has 0 aromatic carbocycles. The molecule has 1 aliphatic heterocycles. The molecule has 0 aromatic heterocycles. The van der Waals surface area contributed by atoms with E-state index in [1.165, 1.54) is 25.7 Å². The van der Waals surface area contributed by atoms with Gasteiger partial charge >= 0.3 is 0 Å². The predicted molar refractivity (Wildman–Crippen MR) is 87.9 cm³/mol. The van der Waals surface area contributed by atoms with Gasteiger partial charge in [-0.1, -0.05) is 19.8 Å². The summed E-state index contributed by atoms with van der Waals surface area (Å²) in [5.74, 6) is 0.924. The van der Waals surface area contributed by atoms with Crippen molar-refractivity contribution in [3.05, 3.63) is 0 Å². The summed E-state index contributed by atoms with van der Waals surface area (Å²) in [7, 11) is 0. The SMILES string of the molecule is CCCCCNC(=NCCCOCC1CCCO1)NCC. The van der Waals surface area contributed by atoms with Crippen LogP contribution in [0.4, 0.5) is 0 Å². The van der Waals surface area contributed by atoms with Gasteiger partial charge in [-0.15, -0.1) is 0 Å². The Kier molecular flexibility index (Phi) is 11.2. The predicted octanol–water partition coefficient (Wildman–Crippen LogP) is 2.32. The van der Waals surface area contributed by atoms with Crippen molar-refractivity contribution in [1.29, 1.82) is 0 Å².